The Bertz CT molecular complexity index is 952. The second kappa shape index (κ2) is 7.69. The molecule has 1 aliphatic heterocycles. The van der Waals surface area contributed by atoms with Gasteiger partial charge in [0.25, 0.3) is 11.8 Å². The smallest absolute Gasteiger partial charge is 0.276 e. The molecule has 8 nitrogen and oxygen atoms in total. The first-order valence-electron chi connectivity index (χ1n) is 9.00. The lowest BCUT2D eigenvalue weighted by Gasteiger charge is -2.19. The van der Waals surface area contributed by atoms with Gasteiger partial charge in [0, 0.05) is 31.3 Å². The highest BCUT2D eigenvalue weighted by Crippen LogP contribution is 2.29. The van der Waals surface area contributed by atoms with Crippen molar-refractivity contribution in [2.75, 3.05) is 13.1 Å². The van der Waals surface area contributed by atoms with Gasteiger partial charge in [-0.2, -0.15) is 0 Å². The number of amides is 2. The zero-order chi connectivity index (χ0) is 19.5. The molecule has 0 unspecified atom stereocenters. The Morgan fingerprint density at radius 1 is 1.21 bits per heavy atom. The number of nitrogens with zero attached hydrogens (tertiary/aromatic N) is 2. The monoisotopic (exact) mass is 380 g/mol. The molecule has 0 radical (unpaired) electrons. The minimum atomic E-state index is -0.318. The average Bonchev–Trinajstić information content (AvgIpc) is 3.48. The van der Waals surface area contributed by atoms with Crippen LogP contribution in [0, 0.1) is 0 Å². The summed E-state index contributed by atoms with van der Waals surface area (Å²) in [5.41, 5.74) is 1.67. The van der Waals surface area contributed by atoms with Crippen molar-refractivity contribution in [2.45, 2.75) is 18.6 Å². The van der Waals surface area contributed by atoms with Gasteiger partial charge in [-0.15, -0.1) is 0 Å². The van der Waals surface area contributed by atoms with Crippen LogP contribution in [0.25, 0.3) is 0 Å². The molecule has 0 bridgehead atoms. The minimum absolute atomic E-state index is 0.0479. The summed E-state index contributed by atoms with van der Waals surface area (Å²) < 4.78 is 4.92. The molecule has 4 rings (SSSR count). The number of aliphatic hydroxyl groups excluding tert-OH is 1. The van der Waals surface area contributed by atoms with Gasteiger partial charge >= 0.3 is 0 Å². The number of carbonyl (C=O) groups is 2. The van der Waals surface area contributed by atoms with Crippen LogP contribution in [0.3, 0.4) is 0 Å². The highest BCUT2D eigenvalue weighted by molar-refractivity contribution is 5.94. The first-order valence-corrected chi connectivity index (χ1v) is 9.00. The van der Waals surface area contributed by atoms with Crippen molar-refractivity contribution >= 4 is 11.8 Å². The number of benzene rings is 1. The summed E-state index contributed by atoms with van der Waals surface area (Å²) in [6.07, 6.45) is 1.69. The topological polar surface area (TPSA) is 111 Å². The van der Waals surface area contributed by atoms with Crippen molar-refractivity contribution in [3.63, 3.8) is 0 Å². The van der Waals surface area contributed by atoms with Crippen LogP contribution in [-0.2, 0) is 6.61 Å². The average molecular weight is 380 g/mol. The number of rotatable bonds is 5. The van der Waals surface area contributed by atoms with E-state index in [2.05, 4.69) is 15.5 Å². The third-order valence-electron chi connectivity index (χ3n) is 4.93. The van der Waals surface area contributed by atoms with E-state index in [9.17, 15) is 9.59 Å². The van der Waals surface area contributed by atoms with Gasteiger partial charge in [-0.3, -0.25) is 9.59 Å². The standard InChI is InChI=1S/C20H20N4O4/c25-12-14-9-17(23-28-14)20(27)24-10-15(13-5-2-1-3-6-13)18(11-24)22-19(26)16-7-4-8-21-16/h1-9,15,18,21,25H,10-12H2,(H,22,26)/t15-,18+/m0/s1. The van der Waals surface area contributed by atoms with Crippen LogP contribution in [0.15, 0.2) is 59.3 Å². The maximum atomic E-state index is 12.8. The molecule has 0 spiro atoms. The van der Waals surface area contributed by atoms with Crippen LogP contribution >= 0.6 is 0 Å². The second-order valence-corrected chi connectivity index (χ2v) is 6.73. The summed E-state index contributed by atoms with van der Waals surface area (Å²) in [5, 5.41) is 15.9. The number of H-pyrrole nitrogens is 1. The molecule has 3 aromatic rings. The molecule has 1 aromatic carbocycles. The van der Waals surface area contributed by atoms with Crippen molar-refractivity contribution in [1.82, 2.24) is 20.4 Å². The molecule has 28 heavy (non-hydrogen) atoms. The molecule has 0 saturated carbocycles. The van der Waals surface area contributed by atoms with Crippen LogP contribution < -0.4 is 5.32 Å². The number of hydrogen-bond donors (Lipinski definition) is 3. The molecular formula is C20H20N4O4. The summed E-state index contributed by atoms with van der Waals surface area (Å²) in [6, 6.07) is 14.5. The van der Waals surface area contributed by atoms with Crippen LogP contribution in [0.2, 0.25) is 0 Å². The predicted molar refractivity (Wildman–Crippen MR) is 99.6 cm³/mol. The third-order valence-corrected chi connectivity index (χ3v) is 4.93. The van der Waals surface area contributed by atoms with Gasteiger partial charge < -0.3 is 24.8 Å². The summed E-state index contributed by atoms with van der Waals surface area (Å²) in [4.78, 5) is 29.9. The molecule has 3 N–H and O–H groups in total. The van der Waals surface area contributed by atoms with Gasteiger partial charge in [0.05, 0.1) is 6.04 Å². The van der Waals surface area contributed by atoms with E-state index in [0.29, 0.717) is 18.8 Å². The molecule has 144 valence electrons. The Kier molecular flexibility index (Phi) is 4.94. The van der Waals surface area contributed by atoms with Gasteiger partial charge in [0.2, 0.25) is 0 Å². The van der Waals surface area contributed by atoms with E-state index in [1.807, 2.05) is 30.3 Å². The Hall–Kier alpha value is -3.39. The van der Waals surface area contributed by atoms with E-state index in [0.717, 1.165) is 5.56 Å². The first-order chi connectivity index (χ1) is 13.7. The zero-order valence-electron chi connectivity index (χ0n) is 15.0. The lowest BCUT2D eigenvalue weighted by molar-refractivity contribution is 0.0772. The van der Waals surface area contributed by atoms with Crippen molar-refractivity contribution in [3.8, 4) is 0 Å². The summed E-state index contributed by atoms with van der Waals surface area (Å²) in [5.74, 6) is -0.317. The molecule has 1 saturated heterocycles. The van der Waals surface area contributed by atoms with Crippen LogP contribution in [0.1, 0.15) is 38.2 Å². The number of likely N-dealkylation sites (tertiary alicyclic amines) is 1. The lowest BCUT2D eigenvalue weighted by Crippen LogP contribution is -2.40. The van der Waals surface area contributed by atoms with E-state index in [4.69, 9.17) is 9.63 Å². The van der Waals surface area contributed by atoms with Crippen LogP contribution in [0.4, 0.5) is 0 Å². The lowest BCUT2D eigenvalue weighted by atomic mass is 9.94. The van der Waals surface area contributed by atoms with E-state index in [1.54, 1.807) is 23.2 Å². The Morgan fingerprint density at radius 3 is 2.71 bits per heavy atom. The number of carbonyl (C=O) groups excluding carboxylic acids is 2. The third kappa shape index (κ3) is 3.54. The highest BCUT2D eigenvalue weighted by Gasteiger charge is 2.38. The molecule has 2 amide bonds. The first kappa shape index (κ1) is 18.0. The fourth-order valence-corrected chi connectivity index (χ4v) is 3.52. The minimum Gasteiger partial charge on any atom is -0.388 e. The van der Waals surface area contributed by atoms with Gasteiger partial charge in [-0.05, 0) is 17.7 Å². The van der Waals surface area contributed by atoms with Gasteiger partial charge in [-0.1, -0.05) is 35.5 Å². The Balaban J connectivity index is 1.56. The molecule has 2 aromatic heterocycles. The number of nitrogens with one attached hydrogen (secondary N) is 2. The van der Waals surface area contributed by atoms with E-state index < -0.39 is 0 Å². The normalized spacial score (nSPS) is 19.0. The zero-order valence-corrected chi connectivity index (χ0v) is 15.0. The maximum Gasteiger partial charge on any atom is 0.276 e. The molecule has 3 heterocycles. The Morgan fingerprint density at radius 2 is 2.04 bits per heavy atom. The number of aromatic nitrogens is 2. The van der Waals surface area contributed by atoms with E-state index in [-0.39, 0.29) is 41.8 Å². The molecule has 2 atom stereocenters. The Labute approximate surface area is 161 Å². The fraction of sp³-hybridized carbons (Fsp3) is 0.250. The van der Waals surface area contributed by atoms with Crippen molar-refractivity contribution in [1.29, 1.82) is 0 Å². The van der Waals surface area contributed by atoms with Gasteiger partial charge in [0.1, 0.15) is 12.3 Å². The van der Waals surface area contributed by atoms with Crippen LogP contribution in [0.5, 0.6) is 0 Å². The molecular weight excluding hydrogens is 360 g/mol. The van der Waals surface area contributed by atoms with Crippen molar-refractivity contribution in [2.24, 2.45) is 0 Å². The predicted octanol–water partition coefficient (Wildman–Crippen LogP) is 1.53. The summed E-state index contributed by atoms with van der Waals surface area (Å²) >= 11 is 0. The van der Waals surface area contributed by atoms with E-state index >= 15 is 0 Å². The second-order valence-electron chi connectivity index (χ2n) is 6.73. The summed E-state index contributed by atoms with van der Waals surface area (Å²) in [6.45, 7) is 0.480. The number of aliphatic hydroxyl groups is 1. The maximum absolute atomic E-state index is 12.8. The highest BCUT2D eigenvalue weighted by atomic mass is 16.5. The van der Waals surface area contributed by atoms with Crippen molar-refractivity contribution < 1.29 is 19.2 Å². The summed E-state index contributed by atoms with van der Waals surface area (Å²) in [7, 11) is 0. The van der Waals surface area contributed by atoms with Gasteiger partial charge in [-0.25, -0.2) is 0 Å². The quantitative estimate of drug-likeness (QED) is 0.622. The SMILES string of the molecule is O=C(N[C@@H]1CN(C(=O)c2cc(CO)on2)C[C@H]1c1ccccc1)c1ccc[nH]1. The molecule has 1 fully saturated rings. The molecule has 1 aliphatic rings. The largest absolute Gasteiger partial charge is 0.388 e. The van der Waals surface area contributed by atoms with E-state index in [1.165, 1.54) is 6.07 Å². The van der Waals surface area contributed by atoms with Crippen molar-refractivity contribution in [3.05, 3.63) is 77.4 Å². The molecule has 0 aliphatic carbocycles. The van der Waals surface area contributed by atoms with Gasteiger partial charge in [0.15, 0.2) is 11.5 Å². The number of hydrogen-bond acceptors (Lipinski definition) is 5. The molecule has 8 heteroatoms. The van der Waals surface area contributed by atoms with Crippen LogP contribution in [-0.4, -0.2) is 51.1 Å². The number of aromatic amines is 1. The fourth-order valence-electron chi connectivity index (χ4n) is 3.52.